The summed E-state index contributed by atoms with van der Waals surface area (Å²) in [6.45, 7) is 0. The van der Waals surface area contributed by atoms with Crippen LogP contribution >= 0.6 is 0 Å². The van der Waals surface area contributed by atoms with Gasteiger partial charge >= 0.3 is 0 Å². The van der Waals surface area contributed by atoms with Crippen LogP contribution in [0.1, 0.15) is 0 Å². The SMILES string of the molecule is N#CN(c1ccccc1)c1nc(-c2ccccn2)nc(N(C#N)c2ccccc2)n1. The molecule has 8 nitrogen and oxygen atoms in total. The molecular formula is C22H14N8. The number of hydrogen-bond donors (Lipinski definition) is 0. The first-order chi connectivity index (χ1) is 14.8. The van der Waals surface area contributed by atoms with Gasteiger partial charge in [0.2, 0.25) is 11.9 Å². The predicted octanol–water partition coefficient (Wildman–Crippen LogP) is 4.17. The second kappa shape index (κ2) is 8.46. The van der Waals surface area contributed by atoms with Gasteiger partial charge in [-0.3, -0.25) is 4.98 Å². The second-order valence-corrected chi connectivity index (χ2v) is 6.02. The number of aromatic nitrogens is 4. The second-order valence-electron chi connectivity index (χ2n) is 6.02. The molecule has 0 saturated heterocycles. The Labute approximate surface area is 173 Å². The van der Waals surface area contributed by atoms with Crippen molar-refractivity contribution in [3.05, 3.63) is 85.1 Å². The highest BCUT2D eigenvalue weighted by Gasteiger charge is 2.20. The molecule has 30 heavy (non-hydrogen) atoms. The largest absolute Gasteiger partial charge is 0.253 e. The van der Waals surface area contributed by atoms with Gasteiger partial charge < -0.3 is 0 Å². The van der Waals surface area contributed by atoms with Gasteiger partial charge in [-0.2, -0.15) is 25.5 Å². The van der Waals surface area contributed by atoms with Crippen LogP contribution in [-0.4, -0.2) is 19.9 Å². The van der Waals surface area contributed by atoms with Gasteiger partial charge in [0.25, 0.3) is 0 Å². The third-order valence-electron chi connectivity index (χ3n) is 4.13. The summed E-state index contributed by atoms with van der Waals surface area (Å²) in [5.74, 6) is 0.430. The number of anilines is 4. The van der Waals surface area contributed by atoms with Gasteiger partial charge in [-0.1, -0.05) is 42.5 Å². The molecule has 8 heteroatoms. The zero-order valence-electron chi connectivity index (χ0n) is 15.7. The summed E-state index contributed by atoms with van der Waals surface area (Å²) in [6.07, 6.45) is 5.81. The van der Waals surface area contributed by atoms with E-state index in [1.165, 1.54) is 9.80 Å². The van der Waals surface area contributed by atoms with E-state index in [1.807, 2.05) is 42.5 Å². The molecule has 0 atom stereocenters. The van der Waals surface area contributed by atoms with Crippen LogP contribution in [0.2, 0.25) is 0 Å². The van der Waals surface area contributed by atoms with E-state index in [4.69, 9.17) is 0 Å². The Morgan fingerprint density at radius 3 is 1.53 bits per heavy atom. The van der Waals surface area contributed by atoms with Crippen LogP contribution in [0, 0.1) is 22.9 Å². The zero-order chi connectivity index (χ0) is 20.8. The van der Waals surface area contributed by atoms with Crippen molar-refractivity contribution in [2.75, 3.05) is 9.80 Å². The molecule has 0 aliphatic heterocycles. The van der Waals surface area contributed by atoms with Gasteiger partial charge in [-0.25, -0.2) is 9.80 Å². The molecule has 0 amide bonds. The van der Waals surface area contributed by atoms with E-state index in [2.05, 4.69) is 32.3 Å². The van der Waals surface area contributed by atoms with Crippen molar-refractivity contribution in [2.24, 2.45) is 0 Å². The highest BCUT2D eigenvalue weighted by molar-refractivity contribution is 5.68. The molecular weight excluding hydrogens is 376 g/mol. The Hall–Kier alpha value is -4.82. The minimum absolute atomic E-state index is 0.0885. The van der Waals surface area contributed by atoms with Crippen molar-refractivity contribution in [2.45, 2.75) is 0 Å². The van der Waals surface area contributed by atoms with Gasteiger partial charge in [0.15, 0.2) is 18.2 Å². The summed E-state index contributed by atoms with van der Waals surface area (Å²) in [7, 11) is 0. The fourth-order valence-electron chi connectivity index (χ4n) is 2.75. The highest BCUT2D eigenvalue weighted by Crippen LogP contribution is 2.28. The molecule has 0 radical (unpaired) electrons. The Balaban J connectivity index is 1.90. The number of rotatable bonds is 5. The third-order valence-corrected chi connectivity index (χ3v) is 4.13. The van der Waals surface area contributed by atoms with Gasteiger partial charge in [0.1, 0.15) is 5.69 Å². The van der Waals surface area contributed by atoms with E-state index < -0.39 is 0 Å². The molecule has 4 aromatic rings. The van der Waals surface area contributed by atoms with Gasteiger partial charge in [-0.05, 0) is 36.4 Å². The molecule has 2 aromatic carbocycles. The van der Waals surface area contributed by atoms with Crippen LogP contribution in [0.5, 0.6) is 0 Å². The lowest BCUT2D eigenvalue weighted by Gasteiger charge is -2.18. The number of benzene rings is 2. The molecule has 0 aliphatic carbocycles. The smallest absolute Gasteiger partial charge is 0.249 e. The molecule has 0 unspecified atom stereocenters. The number of nitriles is 2. The van der Waals surface area contributed by atoms with Crippen molar-refractivity contribution in [3.63, 3.8) is 0 Å². The lowest BCUT2D eigenvalue weighted by Crippen LogP contribution is -2.18. The lowest BCUT2D eigenvalue weighted by molar-refractivity contribution is 0.983. The molecule has 0 spiro atoms. The fraction of sp³-hybridized carbons (Fsp3) is 0. The van der Waals surface area contributed by atoms with E-state index >= 15 is 0 Å². The first-order valence-corrected chi connectivity index (χ1v) is 8.97. The van der Waals surface area contributed by atoms with E-state index in [9.17, 15) is 10.5 Å². The van der Waals surface area contributed by atoms with Crippen molar-refractivity contribution in [3.8, 4) is 23.9 Å². The van der Waals surface area contributed by atoms with E-state index in [0.717, 1.165) is 0 Å². The van der Waals surface area contributed by atoms with Crippen molar-refractivity contribution in [1.29, 1.82) is 10.5 Å². The minimum atomic E-state index is 0.0885. The van der Waals surface area contributed by atoms with Crippen molar-refractivity contribution >= 4 is 23.3 Å². The van der Waals surface area contributed by atoms with Crippen LogP contribution in [0.15, 0.2) is 85.1 Å². The topological polar surface area (TPSA) is 106 Å². The minimum Gasteiger partial charge on any atom is -0.253 e. The monoisotopic (exact) mass is 390 g/mol. The van der Waals surface area contributed by atoms with E-state index in [1.54, 1.807) is 42.6 Å². The maximum atomic E-state index is 9.78. The Morgan fingerprint density at radius 1 is 0.600 bits per heavy atom. The molecule has 4 rings (SSSR count). The van der Waals surface area contributed by atoms with Gasteiger partial charge in [0, 0.05) is 6.20 Å². The molecule has 0 fully saturated rings. The molecule has 0 bridgehead atoms. The van der Waals surface area contributed by atoms with Crippen LogP contribution in [0.4, 0.5) is 23.3 Å². The van der Waals surface area contributed by atoms with Gasteiger partial charge in [0.05, 0.1) is 11.4 Å². The highest BCUT2D eigenvalue weighted by atomic mass is 15.3. The Bertz CT molecular complexity index is 1140. The quantitative estimate of drug-likeness (QED) is 0.369. The lowest BCUT2D eigenvalue weighted by atomic mass is 10.3. The summed E-state index contributed by atoms with van der Waals surface area (Å²) in [5.41, 5.74) is 1.68. The number of hydrogen-bond acceptors (Lipinski definition) is 8. The number of nitrogens with zero attached hydrogens (tertiary/aromatic N) is 8. The average molecular weight is 390 g/mol. The van der Waals surface area contributed by atoms with Gasteiger partial charge in [-0.15, -0.1) is 0 Å². The average Bonchev–Trinajstić information content (AvgIpc) is 2.82. The third kappa shape index (κ3) is 3.75. The zero-order valence-corrected chi connectivity index (χ0v) is 15.7. The number of para-hydroxylation sites is 2. The fourth-order valence-corrected chi connectivity index (χ4v) is 2.75. The van der Waals surface area contributed by atoms with Crippen LogP contribution < -0.4 is 9.80 Å². The summed E-state index contributed by atoms with van der Waals surface area (Å²) >= 11 is 0. The van der Waals surface area contributed by atoms with Crippen molar-refractivity contribution in [1.82, 2.24) is 19.9 Å². The summed E-state index contributed by atoms with van der Waals surface area (Å²) < 4.78 is 0. The maximum Gasteiger partial charge on any atom is 0.249 e. The van der Waals surface area contributed by atoms with E-state index in [-0.39, 0.29) is 17.7 Å². The Kier molecular flexibility index (Phi) is 5.23. The maximum absolute atomic E-state index is 9.78. The molecule has 0 N–H and O–H groups in total. The molecule has 2 heterocycles. The van der Waals surface area contributed by atoms with Crippen LogP contribution in [-0.2, 0) is 0 Å². The molecule has 0 aliphatic rings. The van der Waals surface area contributed by atoms with E-state index in [0.29, 0.717) is 17.1 Å². The van der Waals surface area contributed by atoms with Crippen molar-refractivity contribution < 1.29 is 0 Å². The standard InChI is InChI=1S/C22H14N8/c23-15-29(17-9-3-1-4-10-17)21-26-20(19-13-7-8-14-25-19)27-22(28-21)30(16-24)18-11-5-2-6-12-18/h1-14H. The predicted molar refractivity (Wildman–Crippen MR) is 111 cm³/mol. The first-order valence-electron chi connectivity index (χ1n) is 8.97. The molecule has 2 aromatic heterocycles. The molecule has 142 valence electrons. The Morgan fingerprint density at radius 2 is 1.10 bits per heavy atom. The normalized spacial score (nSPS) is 9.93. The molecule has 0 saturated carbocycles. The summed E-state index contributed by atoms with van der Waals surface area (Å²) in [5, 5.41) is 19.6. The first kappa shape index (κ1) is 18.5. The number of pyridine rings is 1. The van der Waals surface area contributed by atoms with Crippen LogP contribution in [0.3, 0.4) is 0 Å². The summed E-state index contributed by atoms with van der Waals surface area (Å²) in [6, 6.07) is 23.4. The van der Waals surface area contributed by atoms with Crippen LogP contribution in [0.25, 0.3) is 11.5 Å². The summed E-state index contributed by atoms with van der Waals surface area (Å²) in [4.78, 5) is 20.1.